The van der Waals surface area contributed by atoms with Crippen LogP contribution in [0.15, 0.2) is 24.3 Å². The first-order valence-electron chi connectivity index (χ1n) is 6.64. The lowest BCUT2D eigenvalue weighted by Gasteiger charge is -2.16. The fourth-order valence-electron chi connectivity index (χ4n) is 1.71. The maximum absolute atomic E-state index is 5.85. The van der Waals surface area contributed by atoms with Crippen molar-refractivity contribution >= 4 is 69.6 Å². The molecule has 0 bridgehead atoms. The van der Waals surface area contributed by atoms with Crippen LogP contribution in [0.5, 0.6) is 5.75 Å². The third-order valence-electron chi connectivity index (χ3n) is 2.63. The zero-order valence-electron chi connectivity index (χ0n) is 12.4. The molecule has 2 aromatic rings. The number of benzene rings is 1. The van der Waals surface area contributed by atoms with Crippen LogP contribution in [-0.2, 0) is 7.59 Å². The second-order valence-corrected chi connectivity index (χ2v) is 9.56. The molecule has 10 heteroatoms. The fraction of sp³-hybridized carbons (Fsp3) is 0.357. The van der Waals surface area contributed by atoms with E-state index in [1.807, 2.05) is 13.8 Å². The zero-order valence-corrected chi connectivity index (χ0v) is 16.9. The summed E-state index contributed by atoms with van der Waals surface area (Å²) in [6.07, 6.45) is 0.0555. The van der Waals surface area contributed by atoms with E-state index < -0.39 is 7.59 Å². The van der Waals surface area contributed by atoms with Gasteiger partial charge in [0.15, 0.2) is 17.5 Å². The van der Waals surface area contributed by atoms with E-state index in [9.17, 15) is 0 Å². The average molecular weight is 450 g/mol. The summed E-state index contributed by atoms with van der Waals surface area (Å²) in [5, 5.41) is 0. The third-order valence-corrected chi connectivity index (χ3v) is 3.64. The number of alkyl halides is 6. The molecule has 0 amide bonds. The quantitative estimate of drug-likeness (QED) is 0.541. The Kier molecular flexibility index (Phi) is 6.33. The summed E-state index contributed by atoms with van der Waals surface area (Å²) in [5.41, 5.74) is 0.625. The van der Waals surface area contributed by atoms with Crippen LogP contribution in [0.4, 0.5) is 0 Å². The minimum absolute atomic E-state index is 0.0555. The van der Waals surface area contributed by atoms with E-state index >= 15 is 0 Å². The Labute approximate surface area is 169 Å². The minimum atomic E-state index is -1.89. The van der Waals surface area contributed by atoms with Crippen molar-refractivity contribution in [2.75, 3.05) is 0 Å². The Morgan fingerprint density at radius 1 is 0.792 bits per heavy atom. The van der Waals surface area contributed by atoms with Crippen molar-refractivity contribution in [2.24, 2.45) is 0 Å². The maximum atomic E-state index is 5.85. The Bertz CT molecular complexity index is 678. The van der Waals surface area contributed by atoms with Crippen LogP contribution < -0.4 is 4.74 Å². The van der Waals surface area contributed by atoms with E-state index in [2.05, 4.69) is 15.0 Å². The smallest absolute Gasteiger partial charge is 0.250 e. The molecule has 0 aliphatic rings. The molecule has 1 aromatic heterocycles. The van der Waals surface area contributed by atoms with Gasteiger partial charge in [0.1, 0.15) is 5.75 Å². The van der Waals surface area contributed by atoms with Crippen LogP contribution >= 0.6 is 69.6 Å². The summed E-state index contributed by atoms with van der Waals surface area (Å²) in [4.78, 5) is 12.2. The molecule has 0 aliphatic carbocycles. The molecule has 0 unspecified atom stereocenters. The first kappa shape index (κ1) is 20.1. The van der Waals surface area contributed by atoms with Crippen molar-refractivity contribution in [3.8, 4) is 17.1 Å². The highest BCUT2D eigenvalue weighted by Gasteiger charge is 2.34. The molecule has 130 valence electrons. The Hall–Kier alpha value is -0.230. The van der Waals surface area contributed by atoms with E-state index in [1.54, 1.807) is 24.3 Å². The Morgan fingerprint density at radius 2 is 1.25 bits per heavy atom. The molecular weight excluding hydrogens is 439 g/mol. The van der Waals surface area contributed by atoms with Gasteiger partial charge in [0.2, 0.25) is 7.59 Å². The molecule has 0 radical (unpaired) electrons. The summed E-state index contributed by atoms with van der Waals surface area (Å²) in [6, 6.07) is 7.03. The van der Waals surface area contributed by atoms with Crippen molar-refractivity contribution in [2.45, 2.75) is 27.5 Å². The van der Waals surface area contributed by atoms with Crippen LogP contribution in [0, 0.1) is 0 Å². The topological polar surface area (TPSA) is 47.9 Å². The van der Waals surface area contributed by atoms with Gasteiger partial charge in [-0.25, -0.2) is 15.0 Å². The molecule has 0 spiro atoms. The predicted molar refractivity (Wildman–Crippen MR) is 99.5 cm³/mol. The van der Waals surface area contributed by atoms with Gasteiger partial charge in [-0.3, -0.25) is 0 Å². The highest BCUT2D eigenvalue weighted by molar-refractivity contribution is 6.67. The van der Waals surface area contributed by atoms with Crippen molar-refractivity contribution in [1.82, 2.24) is 15.0 Å². The molecule has 0 atom stereocenters. The van der Waals surface area contributed by atoms with Gasteiger partial charge in [-0.2, -0.15) is 0 Å². The summed E-state index contributed by atoms with van der Waals surface area (Å²) < 4.78 is 1.81. The summed E-state index contributed by atoms with van der Waals surface area (Å²) >= 11 is 35.1. The number of rotatable bonds is 3. The number of nitrogens with zero attached hydrogens (tertiary/aromatic N) is 3. The van der Waals surface area contributed by atoms with Crippen molar-refractivity contribution < 1.29 is 4.74 Å². The standard InChI is InChI=1S/C14H11Cl6N3O/c1-7(2)24-9-5-3-8(4-6-9)10-21-11(13(15,16)17)23-12(22-10)14(18,19)20/h3-7H,1-2H3. The lowest BCUT2D eigenvalue weighted by atomic mass is 10.2. The van der Waals surface area contributed by atoms with E-state index in [4.69, 9.17) is 74.3 Å². The Morgan fingerprint density at radius 3 is 1.62 bits per heavy atom. The second-order valence-electron chi connectivity index (χ2n) is 4.99. The number of halogens is 6. The van der Waals surface area contributed by atoms with Gasteiger partial charge in [0.05, 0.1) is 6.10 Å². The second kappa shape index (κ2) is 7.56. The number of ether oxygens (including phenoxy) is 1. The molecule has 1 aromatic carbocycles. The maximum Gasteiger partial charge on any atom is 0.250 e. The van der Waals surface area contributed by atoms with Crippen LogP contribution in [-0.4, -0.2) is 21.1 Å². The first-order chi connectivity index (χ1) is 11.0. The average Bonchev–Trinajstić information content (AvgIpc) is 2.45. The van der Waals surface area contributed by atoms with Gasteiger partial charge in [-0.05, 0) is 38.1 Å². The molecular formula is C14H11Cl6N3O. The van der Waals surface area contributed by atoms with Crippen LogP contribution in [0.1, 0.15) is 25.5 Å². The van der Waals surface area contributed by atoms with Crippen LogP contribution in [0.2, 0.25) is 0 Å². The van der Waals surface area contributed by atoms with Crippen molar-refractivity contribution in [3.05, 3.63) is 35.9 Å². The van der Waals surface area contributed by atoms with Gasteiger partial charge in [-0.15, -0.1) is 0 Å². The first-order valence-corrected chi connectivity index (χ1v) is 8.91. The molecule has 0 fully saturated rings. The van der Waals surface area contributed by atoms with Gasteiger partial charge in [-0.1, -0.05) is 69.6 Å². The van der Waals surface area contributed by atoms with Gasteiger partial charge in [0, 0.05) is 5.56 Å². The third kappa shape index (κ3) is 5.38. The van der Waals surface area contributed by atoms with E-state index in [0.29, 0.717) is 11.3 Å². The zero-order chi connectivity index (χ0) is 18.1. The molecule has 0 aliphatic heterocycles. The predicted octanol–water partition coefficient (Wildman–Crippen LogP) is 5.98. The Balaban J connectivity index is 2.49. The summed E-state index contributed by atoms with van der Waals surface area (Å²) in [5.74, 6) is 0.636. The monoisotopic (exact) mass is 447 g/mol. The normalized spacial score (nSPS) is 12.5. The van der Waals surface area contributed by atoms with Crippen molar-refractivity contribution in [3.63, 3.8) is 0 Å². The fourth-order valence-corrected chi connectivity index (χ4v) is 2.22. The van der Waals surface area contributed by atoms with Crippen LogP contribution in [0.3, 0.4) is 0 Å². The molecule has 1 heterocycles. The van der Waals surface area contributed by atoms with E-state index in [0.717, 1.165) is 0 Å². The lowest BCUT2D eigenvalue weighted by Crippen LogP contribution is -2.16. The minimum Gasteiger partial charge on any atom is -0.491 e. The van der Waals surface area contributed by atoms with E-state index in [-0.39, 0.29) is 23.6 Å². The summed E-state index contributed by atoms with van der Waals surface area (Å²) in [6.45, 7) is 3.86. The molecule has 0 saturated heterocycles. The molecule has 0 saturated carbocycles. The van der Waals surface area contributed by atoms with Crippen molar-refractivity contribution in [1.29, 1.82) is 0 Å². The molecule has 0 N–H and O–H groups in total. The van der Waals surface area contributed by atoms with Crippen LogP contribution in [0.25, 0.3) is 11.4 Å². The highest BCUT2D eigenvalue weighted by Crippen LogP contribution is 2.40. The SMILES string of the molecule is CC(C)Oc1ccc(-c2nc(C(Cl)(Cl)Cl)nc(C(Cl)(Cl)Cl)n2)cc1. The number of hydrogen-bond acceptors (Lipinski definition) is 4. The highest BCUT2D eigenvalue weighted by atomic mass is 35.6. The largest absolute Gasteiger partial charge is 0.491 e. The molecule has 24 heavy (non-hydrogen) atoms. The van der Waals surface area contributed by atoms with E-state index in [1.165, 1.54) is 0 Å². The van der Waals surface area contributed by atoms with Gasteiger partial charge < -0.3 is 4.74 Å². The van der Waals surface area contributed by atoms with Gasteiger partial charge in [0.25, 0.3) is 0 Å². The lowest BCUT2D eigenvalue weighted by molar-refractivity contribution is 0.242. The summed E-state index contributed by atoms with van der Waals surface area (Å²) in [7, 11) is 0. The number of hydrogen-bond donors (Lipinski definition) is 0. The molecule has 4 nitrogen and oxygen atoms in total. The molecule has 2 rings (SSSR count). The van der Waals surface area contributed by atoms with Gasteiger partial charge >= 0.3 is 0 Å². The number of aromatic nitrogens is 3.